The lowest BCUT2D eigenvalue weighted by molar-refractivity contribution is -0.386. The van der Waals surface area contributed by atoms with Gasteiger partial charge in [0.05, 0.1) is 0 Å². The van der Waals surface area contributed by atoms with Crippen molar-refractivity contribution < 1.29 is 39.4 Å². The third kappa shape index (κ3) is 6.26. The van der Waals surface area contributed by atoms with Crippen molar-refractivity contribution >= 4 is 11.9 Å². The summed E-state index contributed by atoms with van der Waals surface area (Å²) in [6, 6.07) is 17.7. The fourth-order valence-corrected chi connectivity index (χ4v) is 1.94. The summed E-state index contributed by atoms with van der Waals surface area (Å²) in [5, 5.41) is 18.4. The Hall–Kier alpha value is -2.78. The van der Waals surface area contributed by atoms with E-state index >= 15 is 0 Å². The summed E-state index contributed by atoms with van der Waals surface area (Å²) < 4.78 is 0. The van der Waals surface area contributed by atoms with Gasteiger partial charge in [-0.25, -0.2) is 29.1 Å². The first-order valence-corrected chi connectivity index (χ1v) is 7.68. The van der Waals surface area contributed by atoms with Gasteiger partial charge in [-0.05, 0) is 11.1 Å². The summed E-state index contributed by atoms with van der Waals surface area (Å²) in [6.07, 6.45) is -3.82. The fourth-order valence-electron chi connectivity index (χ4n) is 1.94. The van der Waals surface area contributed by atoms with E-state index in [2.05, 4.69) is 0 Å². The summed E-state index contributed by atoms with van der Waals surface area (Å²) in [7, 11) is 0. The normalized spacial score (nSPS) is 13.1. The van der Waals surface area contributed by atoms with E-state index in [1.54, 1.807) is 48.5 Å². The van der Waals surface area contributed by atoms with Gasteiger partial charge in [0.15, 0.2) is 0 Å². The van der Waals surface area contributed by atoms with Crippen molar-refractivity contribution in [3.05, 3.63) is 71.8 Å². The molecule has 2 atom stereocenters. The topological polar surface area (TPSA) is 112 Å². The summed E-state index contributed by atoms with van der Waals surface area (Å²) in [6.45, 7) is -0.107. The van der Waals surface area contributed by atoms with E-state index in [1.165, 1.54) is 0 Å². The maximum atomic E-state index is 11.3. The maximum Gasteiger partial charge on any atom is 0.339 e. The van der Waals surface area contributed by atoms with Crippen molar-refractivity contribution in [2.24, 2.45) is 0 Å². The van der Waals surface area contributed by atoms with Crippen molar-refractivity contribution in [3.8, 4) is 0 Å². The van der Waals surface area contributed by atoms with E-state index in [0.29, 0.717) is 0 Å². The minimum atomic E-state index is -1.91. The third-order valence-corrected chi connectivity index (χ3v) is 3.24. The van der Waals surface area contributed by atoms with Gasteiger partial charge in [0.25, 0.3) is 0 Å². The zero-order valence-electron chi connectivity index (χ0n) is 13.7. The zero-order valence-corrected chi connectivity index (χ0v) is 13.7. The highest BCUT2D eigenvalue weighted by molar-refractivity contribution is 5.83. The molecule has 2 aromatic rings. The average molecular weight is 362 g/mol. The van der Waals surface area contributed by atoms with Gasteiger partial charge in [-0.3, -0.25) is 0 Å². The van der Waals surface area contributed by atoms with Crippen LogP contribution in [0.15, 0.2) is 60.7 Å². The number of benzene rings is 2. The zero-order chi connectivity index (χ0) is 18.8. The van der Waals surface area contributed by atoms with Gasteiger partial charge in [0.2, 0.25) is 12.2 Å². The molecule has 0 spiro atoms. The van der Waals surface area contributed by atoms with Crippen molar-refractivity contribution in [2.45, 2.75) is 25.4 Å². The van der Waals surface area contributed by atoms with Gasteiger partial charge in [-0.1, -0.05) is 60.7 Å². The van der Waals surface area contributed by atoms with Crippen molar-refractivity contribution in [2.75, 3.05) is 0 Å². The second-order valence-corrected chi connectivity index (χ2v) is 5.21. The average Bonchev–Trinajstić information content (AvgIpc) is 2.64. The van der Waals surface area contributed by atoms with E-state index in [0.717, 1.165) is 11.1 Å². The Labute approximate surface area is 149 Å². The van der Waals surface area contributed by atoms with Crippen LogP contribution < -0.4 is 0 Å². The Bertz CT molecular complexity index is 627. The highest BCUT2D eigenvalue weighted by Gasteiger charge is 2.38. The largest absolute Gasteiger partial charge is 0.479 e. The molecule has 0 saturated carbocycles. The van der Waals surface area contributed by atoms with E-state index in [4.69, 9.17) is 19.6 Å². The molecule has 2 rings (SSSR count). The van der Waals surface area contributed by atoms with Crippen LogP contribution in [0.3, 0.4) is 0 Å². The third-order valence-electron chi connectivity index (χ3n) is 3.24. The molecule has 0 aliphatic rings. The predicted octanol–water partition coefficient (Wildman–Crippen LogP) is 2.19. The van der Waals surface area contributed by atoms with Crippen LogP contribution in [0.1, 0.15) is 11.1 Å². The Kier molecular flexibility index (Phi) is 7.72. The number of rotatable bonds is 11. The Morgan fingerprint density at radius 1 is 0.692 bits per heavy atom. The minimum absolute atomic E-state index is 0.0537. The molecule has 0 unspecified atom stereocenters. The summed E-state index contributed by atoms with van der Waals surface area (Å²) >= 11 is 0. The van der Waals surface area contributed by atoms with E-state index in [-0.39, 0.29) is 13.2 Å². The molecule has 0 aliphatic carbocycles. The molecular weight excluding hydrogens is 344 g/mol. The van der Waals surface area contributed by atoms with Crippen LogP contribution >= 0.6 is 0 Å². The predicted molar refractivity (Wildman–Crippen MR) is 87.5 cm³/mol. The highest BCUT2D eigenvalue weighted by atomic mass is 17.2. The molecule has 8 heteroatoms. The van der Waals surface area contributed by atoms with Crippen LogP contribution in [0, 0.1) is 0 Å². The molecule has 0 aliphatic heterocycles. The number of carbonyl (C=O) groups is 2. The van der Waals surface area contributed by atoms with E-state index in [9.17, 15) is 19.8 Å². The van der Waals surface area contributed by atoms with Crippen LogP contribution in [0.2, 0.25) is 0 Å². The number of hydrogen-bond acceptors (Lipinski definition) is 6. The van der Waals surface area contributed by atoms with Gasteiger partial charge in [0.1, 0.15) is 13.2 Å². The number of carboxylic acids is 2. The lowest BCUT2D eigenvalue weighted by atomic mass is 10.2. The minimum Gasteiger partial charge on any atom is -0.479 e. The highest BCUT2D eigenvalue weighted by Crippen LogP contribution is 2.11. The van der Waals surface area contributed by atoms with Gasteiger partial charge < -0.3 is 10.2 Å². The lowest BCUT2D eigenvalue weighted by Gasteiger charge is -2.19. The lowest BCUT2D eigenvalue weighted by Crippen LogP contribution is -2.43. The molecule has 138 valence electrons. The van der Waals surface area contributed by atoms with Crippen molar-refractivity contribution in [3.63, 3.8) is 0 Å². The summed E-state index contributed by atoms with van der Waals surface area (Å²) in [5.41, 5.74) is 1.45. The quantitative estimate of drug-likeness (QED) is 0.462. The Morgan fingerprint density at radius 3 is 1.35 bits per heavy atom. The SMILES string of the molecule is O=C(O)[C@H](OOCc1ccccc1)[C@@H](OOCc1ccccc1)C(=O)O. The van der Waals surface area contributed by atoms with Crippen LogP contribution in [0.25, 0.3) is 0 Å². The first-order chi connectivity index (χ1) is 12.6. The van der Waals surface area contributed by atoms with E-state index in [1.807, 2.05) is 12.1 Å². The second-order valence-electron chi connectivity index (χ2n) is 5.21. The Morgan fingerprint density at radius 2 is 1.04 bits per heavy atom. The number of aliphatic carboxylic acids is 2. The molecule has 2 N–H and O–H groups in total. The monoisotopic (exact) mass is 362 g/mol. The van der Waals surface area contributed by atoms with Crippen LogP contribution in [0.4, 0.5) is 0 Å². The fraction of sp³-hybridized carbons (Fsp3) is 0.222. The number of hydrogen-bond donors (Lipinski definition) is 2. The molecule has 2 aromatic carbocycles. The standard InChI is InChI=1S/C18H18O8/c19-17(20)15(25-23-11-13-7-3-1-4-8-13)16(18(21)22)26-24-12-14-9-5-2-6-10-14/h1-10,15-16H,11-12H2,(H,19,20)(H,21,22)/t15-,16-/m1/s1. The molecule has 8 nitrogen and oxygen atoms in total. The van der Waals surface area contributed by atoms with Crippen LogP contribution in [0.5, 0.6) is 0 Å². The van der Waals surface area contributed by atoms with E-state index < -0.39 is 24.1 Å². The molecule has 0 radical (unpaired) electrons. The maximum absolute atomic E-state index is 11.3. The van der Waals surface area contributed by atoms with Crippen molar-refractivity contribution in [1.82, 2.24) is 0 Å². The first kappa shape index (κ1) is 19.5. The molecule has 0 bridgehead atoms. The molecule has 0 saturated heterocycles. The number of carboxylic acid groups (broad SMARTS) is 2. The van der Waals surface area contributed by atoms with Crippen LogP contribution in [-0.2, 0) is 42.4 Å². The second kappa shape index (κ2) is 10.3. The van der Waals surface area contributed by atoms with Gasteiger partial charge in [-0.2, -0.15) is 0 Å². The van der Waals surface area contributed by atoms with Crippen LogP contribution in [-0.4, -0.2) is 34.4 Å². The first-order valence-electron chi connectivity index (χ1n) is 7.68. The molecule has 0 fully saturated rings. The smallest absolute Gasteiger partial charge is 0.339 e. The molecule has 0 heterocycles. The summed E-state index contributed by atoms with van der Waals surface area (Å²) in [4.78, 5) is 41.8. The molecule has 26 heavy (non-hydrogen) atoms. The van der Waals surface area contributed by atoms with Crippen molar-refractivity contribution in [1.29, 1.82) is 0 Å². The molecule has 0 aromatic heterocycles. The molecular formula is C18H18O8. The summed E-state index contributed by atoms with van der Waals surface area (Å²) in [5.74, 6) is -3.12. The van der Waals surface area contributed by atoms with Gasteiger partial charge >= 0.3 is 11.9 Å². The van der Waals surface area contributed by atoms with Gasteiger partial charge in [0, 0.05) is 0 Å². The van der Waals surface area contributed by atoms with Gasteiger partial charge in [-0.15, -0.1) is 0 Å². The Balaban J connectivity index is 1.89. The molecule has 0 amide bonds.